The fraction of sp³-hybridized carbons (Fsp3) is 0.923. The van der Waals surface area contributed by atoms with E-state index in [4.69, 9.17) is 4.74 Å². The van der Waals surface area contributed by atoms with E-state index in [1.54, 1.807) is 0 Å². The van der Waals surface area contributed by atoms with Crippen LogP contribution >= 0.6 is 0 Å². The van der Waals surface area contributed by atoms with Crippen molar-refractivity contribution < 1.29 is 9.53 Å². The molecular formula is C13H24N2O2. The van der Waals surface area contributed by atoms with Crippen molar-refractivity contribution in [2.75, 3.05) is 33.4 Å². The fourth-order valence-electron chi connectivity index (χ4n) is 2.30. The van der Waals surface area contributed by atoms with Crippen molar-refractivity contribution in [3.05, 3.63) is 0 Å². The SMILES string of the molecule is CN(CC1CCCOC1)C(=O)CCNC1CC1. The Bertz CT molecular complexity index is 248. The van der Waals surface area contributed by atoms with Crippen molar-refractivity contribution in [3.8, 4) is 0 Å². The monoisotopic (exact) mass is 240 g/mol. The van der Waals surface area contributed by atoms with Gasteiger partial charge in [0.05, 0.1) is 6.61 Å². The molecule has 0 bridgehead atoms. The first-order chi connectivity index (χ1) is 8.25. The highest BCUT2D eigenvalue weighted by molar-refractivity contribution is 5.76. The molecule has 1 amide bonds. The van der Waals surface area contributed by atoms with Crippen LogP contribution in [-0.4, -0.2) is 50.2 Å². The number of ether oxygens (including phenoxy) is 1. The summed E-state index contributed by atoms with van der Waals surface area (Å²) in [6, 6.07) is 0.694. The quantitative estimate of drug-likeness (QED) is 0.753. The molecule has 2 rings (SSSR count). The molecule has 0 aromatic carbocycles. The summed E-state index contributed by atoms with van der Waals surface area (Å²) in [6.07, 6.45) is 5.52. The fourth-order valence-corrected chi connectivity index (χ4v) is 2.30. The van der Waals surface area contributed by atoms with Crippen molar-refractivity contribution in [3.63, 3.8) is 0 Å². The molecular weight excluding hydrogens is 216 g/mol. The minimum atomic E-state index is 0.253. The van der Waals surface area contributed by atoms with Gasteiger partial charge in [-0.3, -0.25) is 4.79 Å². The second kappa shape index (κ2) is 6.36. The van der Waals surface area contributed by atoms with Gasteiger partial charge < -0.3 is 15.0 Å². The second-order valence-electron chi connectivity index (χ2n) is 5.34. The van der Waals surface area contributed by atoms with Crippen LogP contribution in [-0.2, 0) is 9.53 Å². The van der Waals surface area contributed by atoms with Crippen molar-refractivity contribution >= 4 is 5.91 Å². The Morgan fingerprint density at radius 2 is 2.24 bits per heavy atom. The lowest BCUT2D eigenvalue weighted by Gasteiger charge is -2.27. The number of carbonyl (C=O) groups excluding carboxylic acids is 1. The minimum absolute atomic E-state index is 0.253. The normalized spacial score (nSPS) is 24.6. The zero-order chi connectivity index (χ0) is 12.1. The molecule has 2 aliphatic rings. The van der Waals surface area contributed by atoms with E-state index >= 15 is 0 Å². The summed E-state index contributed by atoms with van der Waals surface area (Å²) < 4.78 is 5.43. The molecule has 98 valence electrons. The molecule has 4 heteroatoms. The summed E-state index contributed by atoms with van der Waals surface area (Å²) in [5.41, 5.74) is 0. The topological polar surface area (TPSA) is 41.6 Å². The van der Waals surface area contributed by atoms with E-state index in [1.807, 2.05) is 11.9 Å². The number of nitrogens with zero attached hydrogens (tertiary/aromatic N) is 1. The Balaban J connectivity index is 1.59. The van der Waals surface area contributed by atoms with Gasteiger partial charge >= 0.3 is 0 Å². The van der Waals surface area contributed by atoms with Crippen molar-refractivity contribution in [1.29, 1.82) is 0 Å². The third-order valence-electron chi connectivity index (χ3n) is 3.56. The maximum absolute atomic E-state index is 11.9. The van der Waals surface area contributed by atoms with Gasteiger partial charge in [0.15, 0.2) is 0 Å². The molecule has 0 aromatic rings. The molecule has 1 saturated carbocycles. The highest BCUT2D eigenvalue weighted by Gasteiger charge is 2.21. The van der Waals surface area contributed by atoms with E-state index in [-0.39, 0.29) is 5.91 Å². The molecule has 1 N–H and O–H groups in total. The van der Waals surface area contributed by atoms with E-state index in [2.05, 4.69) is 5.32 Å². The Labute approximate surface area is 104 Å². The zero-order valence-electron chi connectivity index (χ0n) is 10.8. The van der Waals surface area contributed by atoms with Crippen LogP contribution in [0.25, 0.3) is 0 Å². The van der Waals surface area contributed by atoms with Crippen LogP contribution in [0.15, 0.2) is 0 Å². The van der Waals surface area contributed by atoms with Crippen LogP contribution in [0.1, 0.15) is 32.1 Å². The van der Waals surface area contributed by atoms with Crippen LogP contribution in [0.5, 0.6) is 0 Å². The highest BCUT2D eigenvalue weighted by Crippen LogP contribution is 2.18. The molecule has 1 saturated heterocycles. The first-order valence-corrected chi connectivity index (χ1v) is 6.81. The Kier molecular flexibility index (Phi) is 4.80. The van der Waals surface area contributed by atoms with Gasteiger partial charge in [-0.05, 0) is 31.6 Å². The van der Waals surface area contributed by atoms with Gasteiger partial charge in [-0.2, -0.15) is 0 Å². The van der Waals surface area contributed by atoms with E-state index < -0.39 is 0 Å². The number of rotatable bonds is 6. The minimum Gasteiger partial charge on any atom is -0.381 e. The highest BCUT2D eigenvalue weighted by atomic mass is 16.5. The van der Waals surface area contributed by atoms with Gasteiger partial charge in [-0.15, -0.1) is 0 Å². The van der Waals surface area contributed by atoms with Gasteiger partial charge in [0.25, 0.3) is 0 Å². The first-order valence-electron chi connectivity index (χ1n) is 6.81. The molecule has 1 aliphatic carbocycles. The Hall–Kier alpha value is -0.610. The predicted octanol–water partition coefficient (Wildman–Crippen LogP) is 1.01. The van der Waals surface area contributed by atoms with Crippen molar-refractivity contribution in [1.82, 2.24) is 10.2 Å². The summed E-state index contributed by atoms with van der Waals surface area (Å²) in [7, 11) is 1.91. The molecule has 2 fully saturated rings. The number of nitrogens with one attached hydrogen (secondary N) is 1. The average Bonchev–Trinajstić information content (AvgIpc) is 3.14. The maximum Gasteiger partial charge on any atom is 0.223 e. The molecule has 1 heterocycles. The third-order valence-corrected chi connectivity index (χ3v) is 3.56. The molecule has 4 nitrogen and oxygen atoms in total. The molecule has 17 heavy (non-hydrogen) atoms. The van der Waals surface area contributed by atoms with Crippen molar-refractivity contribution in [2.24, 2.45) is 5.92 Å². The van der Waals surface area contributed by atoms with Crippen LogP contribution in [0.4, 0.5) is 0 Å². The summed E-state index contributed by atoms with van der Waals surface area (Å²) in [5.74, 6) is 0.790. The average molecular weight is 240 g/mol. The summed E-state index contributed by atoms with van der Waals surface area (Å²) in [5, 5.41) is 3.37. The van der Waals surface area contributed by atoms with Gasteiger partial charge in [0.1, 0.15) is 0 Å². The Morgan fingerprint density at radius 1 is 1.41 bits per heavy atom. The molecule has 1 aliphatic heterocycles. The lowest BCUT2D eigenvalue weighted by Crippen LogP contribution is -2.36. The van der Waals surface area contributed by atoms with Crippen LogP contribution in [0.2, 0.25) is 0 Å². The second-order valence-corrected chi connectivity index (χ2v) is 5.34. The van der Waals surface area contributed by atoms with E-state index in [9.17, 15) is 4.79 Å². The summed E-state index contributed by atoms with van der Waals surface area (Å²) >= 11 is 0. The van der Waals surface area contributed by atoms with Gasteiger partial charge in [-0.25, -0.2) is 0 Å². The third kappa shape index (κ3) is 4.64. The molecule has 0 radical (unpaired) electrons. The summed E-state index contributed by atoms with van der Waals surface area (Å²) in [6.45, 7) is 3.38. The van der Waals surface area contributed by atoms with Gasteiger partial charge in [-0.1, -0.05) is 0 Å². The molecule has 1 unspecified atom stereocenters. The van der Waals surface area contributed by atoms with Gasteiger partial charge in [0, 0.05) is 39.2 Å². The van der Waals surface area contributed by atoms with Crippen LogP contribution in [0.3, 0.4) is 0 Å². The number of amides is 1. The number of carbonyl (C=O) groups is 1. The molecule has 1 atom stereocenters. The maximum atomic E-state index is 11.9. The first kappa shape index (κ1) is 12.8. The van der Waals surface area contributed by atoms with E-state index in [1.165, 1.54) is 19.3 Å². The lowest BCUT2D eigenvalue weighted by molar-refractivity contribution is -0.130. The van der Waals surface area contributed by atoms with E-state index in [0.717, 1.165) is 32.7 Å². The van der Waals surface area contributed by atoms with Crippen LogP contribution < -0.4 is 5.32 Å². The number of hydrogen-bond donors (Lipinski definition) is 1. The lowest BCUT2D eigenvalue weighted by atomic mass is 10.0. The number of hydrogen-bond acceptors (Lipinski definition) is 3. The van der Waals surface area contributed by atoms with Crippen LogP contribution in [0, 0.1) is 5.92 Å². The molecule has 0 spiro atoms. The van der Waals surface area contributed by atoms with Crippen molar-refractivity contribution in [2.45, 2.75) is 38.1 Å². The Morgan fingerprint density at radius 3 is 2.88 bits per heavy atom. The standard InChI is InChI=1S/C13H24N2O2/c1-15(9-11-3-2-8-17-10-11)13(16)6-7-14-12-4-5-12/h11-12,14H,2-10H2,1H3. The predicted molar refractivity (Wildman–Crippen MR) is 66.8 cm³/mol. The summed E-state index contributed by atoms with van der Waals surface area (Å²) in [4.78, 5) is 13.7. The van der Waals surface area contributed by atoms with Gasteiger partial charge in [0.2, 0.25) is 5.91 Å². The smallest absolute Gasteiger partial charge is 0.223 e. The van der Waals surface area contributed by atoms with E-state index in [0.29, 0.717) is 18.4 Å². The zero-order valence-corrected chi connectivity index (χ0v) is 10.8. The molecule has 0 aromatic heterocycles. The largest absolute Gasteiger partial charge is 0.381 e.